The second kappa shape index (κ2) is 10.1. The number of halogens is 1. The molecule has 1 aromatic heterocycles. The van der Waals surface area contributed by atoms with Crippen LogP contribution in [-0.2, 0) is 16.1 Å². The normalized spacial score (nSPS) is 17.3. The Morgan fingerprint density at radius 2 is 1.79 bits per heavy atom. The molecule has 1 N–H and O–H groups in total. The molecule has 2 aromatic carbocycles. The number of nitrogens with zero attached hydrogens (tertiary/aromatic N) is 1. The molecule has 0 radical (unpaired) electrons. The third-order valence-corrected chi connectivity index (χ3v) is 5.70. The summed E-state index contributed by atoms with van der Waals surface area (Å²) in [5.41, 5.74) is 0.879. The molecule has 7 nitrogen and oxygen atoms in total. The molecule has 0 spiro atoms. The lowest BCUT2D eigenvalue weighted by atomic mass is 9.95. The van der Waals surface area contributed by atoms with E-state index in [9.17, 15) is 14.7 Å². The summed E-state index contributed by atoms with van der Waals surface area (Å²) in [7, 11) is 0. The number of likely N-dealkylation sites (tertiary alicyclic amines) is 1. The molecule has 0 saturated carbocycles. The molecular weight excluding hydrogens is 458 g/mol. The number of benzene rings is 2. The van der Waals surface area contributed by atoms with Crippen molar-refractivity contribution in [2.75, 3.05) is 13.2 Å². The third kappa shape index (κ3) is 4.52. The van der Waals surface area contributed by atoms with Crippen molar-refractivity contribution in [1.82, 2.24) is 4.90 Å². The lowest BCUT2D eigenvalue weighted by Gasteiger charge is -2.24. The number of hydrogen-bond donors (Lipinski definition) is 1. The van der Waals surface area contributed by atoms with Crippen LogP contribution >= 0.6 is 11.6 Å². The van der Waals surface area contributed by atoms with Gasteiger partial charge in [0.05, 0.1) is 43.2 Å². The average Bonchev–Trinajstić information content (AvgIpc) is 3.42. The van der Waals surface area contributed by atoms with E-state index in [1.165, 1.54) is 11.2 Å². The van der Waals surface area contributed by atoms with E-state index in [1.807, 2.05) is 13.8 Å². The molecule has 4 rings (SSSR count). The maximum Gasteiger partial charge on any atom is 0.296 e. The number of hydrogen-bond acceptors (Lipinski definition) is 6. The largest absolute Gasteiger partial charge is 0.507 e. The minimum absolute atomic E-state index is 0.0380. The van der Waals surface area contributed by atoms with Crippen LogP contribution in [0.4, 0.5) is 0 Å². The minimum atomic E-state index is -0.844. The van der Waals surface area contributed by atoms with Crippen molar-refractivity contribution in [3.05, 3.63) is 88.3 Å². The van der Waals surface area contributed by atoms with E-state index in [0.29, 0.717) is 46.6 Å². The topological polar surface area (TPSA) is 89.2 Å². The summed E-state index contributed by atoms with van der Waals surface area (Å²) in [5.74, 6) is -0.432. The summed E-state index contributed by atoms with van der Waals surface area (Å²) in [6.07, 6.45) is 1.50. The molecule has 1 aliphatic rings. The lowest BCUT2D eigenvalue weighted by Crippen LogP contribution is -2.29. The van der Waals surface area contributed by atoms with E-state index in [-0.39, 0.29) is 17.9 Å². The zero-order chi connectivity index (χ0) is 24.2. The van der Waals surface area contributed by atoms with Gasteiger partial charge >= 0.3 is 0 Å². The van der Waals surface area contributed by atoms with E-state index >= 15 is 0 Å². The molecule has 1 fully saturated rings. The highest BCUT2D eigenvalue weighted by molar-refractivity contribution is 6.46. The molecule has 2 heterocycles. The number of rotatable bonds is 8. The Morgan fingerprint density at radius 3 is 2.44 bits per heavy atom. The monoisotopic (exact) mass is 481 g/mol. The Labute approximate surface area is 202 Å². The van der Waals surface area contributed by atoms with Gasteiger partial charge in [0.15, 0.2) is 0 Å². The van der Waals surface area contributed by atoms with E-state index in [1.54, 1.807) is 54.6 Å². The summed E-state index contributed by atoms with van der Waals surface area (Å²) >= 11 is 6.07. The first-order valence-corrected chi connectivity index (χ1v) is 11.3. The van der Waals surface area contributed by atoms with Gasteiger partial charge in [-0.3, -0.25) is 9.59 Å². The van der Waals surface area contributed by atoms with Crippen molar-refractivity contribution < 1.29 is 28.6 Å². The van der Waals surface area contributed by atoms with Gasteiger partial charge in [-0.2, -0.15) is 0 Å². The fraction of sp³-hybridized carbons (Fsp3) is 0.231. The minimum Gasteiger partial charge on any atom is -0.507 e. The van der Waals surface area contributed by atoms with Crippen LogP contribution in [0.3, 0.4) is 0 Å². The van der Waals surface area contributed by atoms with E-state index in [0.717, 1.165) is 0 Å². The quantitative estimate of drug-likeness (QED) is 0.265. The number of ether oxygens (including phenoxy) is 2. The number of ketones is 1. The van der Waals surface area contributed by atoms with Crippen molar-refractivity contribution in [2.24, 2.45) is 0 Å². The molecule has 8 heteroatoms. The van der Waals surface area contributed by atoms with Crippen molar-refractivity contribution in [3.8, 4) is 11.5 Å². The van der Waals surface area contributed by atoms with Gasteiger partial charge in [-0.1, -0.05) is 23.7 Å². The molecule has 176 valence electrons. The number of aliphatic hydroxyl groups excluding tert-OH is 1. The molecule has 1 saturated heterocycles. The van der Waals surface area contributed by atoms with Gasteiger partial charge in [0.1, 0.15) is 23.0 Å². The maximum absolute atomic E-state index is 13.2. The first kappa shape index (κ1) is 23.4. The number of aliphatic hydroxyl groups is 1. The first-order chi connectivity index (χ1) is 16.4. The number of carbonyl (C=O) groups excluding carboxylic acids is 2. The first-order valence-electron chi connectivity index (χ1n) is 10.9. The van der Waals surface area contributed by atoms with Gasteiger partial charge in [0.2, 0.25) is 0 Å². The Hall–Kier alpha value is -3.71. The molecular formula is C26H24ClNO6. The Kier molecular flexibility index (Phi) is 6.93. The second-order valence-corrected chi connectivity index (χ2v) is 8.02. The van der Waals surface area contributed by atoms with Crippen molar-refractivity contribution in [2.45, 2.75) is 26.4 Å². The van der Waals surface area contributed by atoms with Crippen LogP contribution in [0.2, 0.25) is 5.02 Å². The van der Waals surface area contributed by atoms with E-state index in [2.05, 4.69) is 0 Å². The van der Waals surface area contributed by atoms with Gasteiger partial charge in [-0.15, -0.1) is 0 Å². The summed E-state index contributed by atoms with van der Waals surface area (Å²) < 4.78 is 16.7. The lowest BCUT2D eigenvalue weighted by molar-refractivity contribution is -0.140. The van der Waals surface area contributed by atoms with E-state index in [4.69, 9.17) is 25.5 Å². The summed E-state index contributed by atoms with van der Waals surface area (Å²) in [6.45, 7) is 4.53. The SMILES string of the molecule is CCOc1ccc(/C(O)=C2/C(=O)C(=O)N(Cc3ccco3)C2c2ccc(Cl)cc2)c(OCC)c1. The summed E-state index contributed by atoms with van der Waals surface area (Å²) in [6, 6.07) is 14.3. The van der Waals surface area contributed by atoms with Crippen LogP contribution in [0.15, 0.2) is 70.9 Å². The fourth-order valence-electron chi connectivity index (χ4n) is 3.98. The molecule has 1 unspecified atom stereocenters. The van der Waals surface area contributed by atoms with Crippen LogP contribution < -0.4 is 9.47 Å². The average molecular weight is 482 g/mol. The zero-order valence-electron chi connectivity index (χ0n) is 18.8. The van der Waals surface area contributed by atoms with Crippen LogP contribution in [0, 0.1) is 0 Å². The van der Waals surface area contributed by atoms with Gasteiger partial charge in [-0.25, -0.2) is 0 Å². The molecule has 0 aliphatic carbocycles. The van der Waals surface area contributed by atoms with Gasteiger partial charge in [-0.05, 0) is 55.8 Å². The van der Waals surface area contributed by atoms with Gasteiger partial charge in [0, 0.05) is 11.1 Å². The molecule has 1 aliphatic heterocycles. The predicted octanol–water partition coefficient (Wildman–Crippen LogP) is 5.35. The second-order valence-electron chi connectivity index (χ2n) is 7.58. The number of amides is 1. The standard InChI is InChI=1S/C26H24ClNO6/c1-3-32-18-11-12-20(21(14-18)33-4-2)24(29)22-23(16-7-9-17(27)10-8-16)28(26(31)25(22)30)15-19-6-5-13-34-19/h5-14,23,29H,3-4,15H2,1-2H3/b24-22-. The van der Waals surface area contributed by atoms with Crippen LogP contribution in [0.5, 0.6) is 11.5 Å². The molecule has 34 heavy (non-hydrogen) atoms. The highest BCUT2D eigenvalue weighted by atomic mass is 35.5. The number of Topliss-reactive ketones (excluding diaryl/α,β-unsaturated/α-hetero) is 1. The van der Waals surface area contributed by atoms with E-state index < -0.39 is 17.7 Å². The molecule has 1 amide bonds. The molecule has 0 bridgehead atoms. The smallest absolute Gasteiger partial charge is 0.296 e. The Balaban J connectivity index is 1.87. The molecule has 1 atom stereocenters. The number of furan rings is 1. The van der Waals surface area contributed by atoms with Crippen molar-refractivity contribution >= 4 is 29.1 Å². The highest BCUT2D eigenvalue weighted by Crippen LogP contribution is 2.42. The van der Waals surface area contributed by atoms with Crippen molar-refractivity contribution in [1.29, 1.82) is 0 Å². The van der Waals surface area contributed by atoms with Crippen LogP contribution in [0.1, 0.15) is 36.8 Å². The zero-order valence-corrected chi connectivity index (χ0v) is 19.5. The van der Waals surface area contributed by atoms with Gasteiger partial charge in [0.25, 0.3) is 11.7 Å². The Bertz CT molecular complexity index is 1220. The molecule has 3 aromatic rings. The summed E-state index contributed by atoms with van der Waals surface area (Å²) in [4.78, 5) is 27.7. The van der Waals surface area contributed by atoms with Crippen LogP contribution in [-0.4, -0.2) is 34.9 Å². The van der Waals surface area contributed by atoms with Gasteiger partial charge < -0.3 is 23.9 Å². The Morgan fingerprint density at radius 1 is 1.06 bits per heavy atom. The maximum atomic E-state index is 13.2. The van der Waals surface area contributed by atoms with Crippen molar-refractivity contribution in [3.63, 3.8) is 0 Å². The number of carbonyl (C=O) groups is 2. The summed E-state index contributed by atoms with van der Waals surface area (Å²) in [5, 5.41) is 11.9. The predicted molar refractivity (Wildman–Crippen MR) is 127 cm³/mol. The van der Waals surface area contributed by atoms with Crippen LogP contribution in [0.25, 0.3) is 5.76 Å². The fourth-order valence-corrected chi connectivity index (χ4v) is 4.11. The highest BCUT2D eigenvalue weighted by Gasteiger charge is 2.46. The third-order valence-electron chi connectivity index (χ3n) is 5.45.